The minimum Gasteiger partial charge on any atom is -0.493 e. The third kappa shape index (κ3) is 2.84. The summed E-state index contributed by atoms with van der Waals surface area (Å²) in [6, 6.07) is 3.86. The zero-order valence-electron chi connectivity index (χ0n) is 11.4. The Bertz CT molecular complexity index is 678. The van der Waals surface area contributed by atoms with Crippen molar-refractivity contribution >= 4 is 34.7 Å². The van der Waals surface area contributed by atoms with Gasteiger partial charge in [-0.05, 0) is 17.7 Å². The molecule has 0 saturated carbocycles. The lowest BCUT2D eigenvalue weighted by atomic mass is 10.1. The number of ether oxygens (including phenoxy) is 1. The van der Waals surface area contributed by atoms with E-state index < -0.39 is 0 Å². The molecule has 1 aliphatic rings. The Hall–Kier alpha value is -1.72. The highest BCUT2D eigenvalue weighted by atomic mass is 35.5. The fraction of sp³-hybridized carbons (Fsp3) is 0.286. The summed E-state index contributed by atoms with van der Waals surface area (Å²) in [6.07, 6.45) is 2.31. The Morgan fingerprint density at radius 3 is 2.95 bits per heavy atom. The van der Waals surface area contributed by atoms with Crippen LogP contribution in [0, 0.1) is 0 Å². The van der Waals surface area contributed by atoms with Crippen molar-refractivity contribution in [2.45, 2.75) is 13.0 Å². The molecule has 0 spiro atoms. The van der Waals surface area contributed by atoms with Crippen LogP contribution in [0.2, 0.25) is 10.2 Å². The number of nitrogens with one attached hydrogen (secondary N) is 2. The van der Waals surface area contributed by atoms with Gasteiger partial charge in [0.2, 0.25) is 0 Å². The van der Waals surface area contributed by atoms with E-state index in [0.29, 0.717) is 34.8 Å². The van der Waals surface area contributed by atoms with Crippen molar-refractivity contribution in [2.75, 3.05) is 24.3 Å². The van der Waals surface area contributed by atoms with Crippen LogP contribution in [-0.2, 0) is 13.0 Å². The summed E-state index contributed by atoms with van der Waals surface area (Å²) < 4.78 is 5.68. The number of fused-ring (bicyclic) bond motifs is 1. The largest absolute Gasteiger partial charge is 0.493 e. The minimum absolute atomic E-state index is 0.377. The fourth-order valence-electron chi connectivity index (χ4n) is 2.38. The molecule has 0 aliphatic carbocycles. The molecule has 0 fully saturated rings. The standard InChI is InChI=1S/C14H14Cl2N4O/c1-17-11-13(16)19-7-20-14(11)18-6-9-5-10(15)4-8-2-3-21-12(8)9/h4-5,7,17H,2-3,6H2,1H3,(H,18,19,20). The van der Waals surface area contributed by atoms with Gasteiger partial charge in [-0.3, -0.25) is 0 Å². The van der Waals surface area contributed by atoms with Crippen LogP contribution < -0.4 is 15.4 Å². The predicted molar refractivity (Wildman–Crippen MR) is 84.6 cm³/mol. The highest BCUT2D eigenvalue weighted by molar-refractivity contribution is 6.32. The molecule has 2 N–H and O–H groups in total. The molecular weight excluding hydrogens is 311 g/mol. The van der Waals surface area contributed by atoms with E-state index in [0.717, 1.165) is 23.3 Å². The van der Waals surface area contributed by atoms with Crippen LogP contribution in [0.1, 0.15) is 11.1 Å². The van der Waals surface area contributed by atoms with Gasteiger partial charge >= 0.3 is 0 Å². The number of anilines is 2. The van der Waals surface area contributed by atoms with Crippen LogP contribution in [0.3, 0.4) is 0 Å². The monoisotopic (exact) mass is 324 g/mol. The summed E-state index contributed by atoms with van der Waals surface area (Å²) in [6.45, 7) is 1.24. The maximum Gasteiger partial charge on any atom is 0.157 e. The third-order valence-corrected chi connectivity index (χ3v) is 3.83. The zero-order valence-corrected chi connectivity index (χ0v) is 12.9. The van der Waals surface area contributed by atoms with E-state index >= 15 is 0 Å². The number of hydrogen-bond acceptors (Lipinski definition) is 5. The minimum atomic E-state index is 0.377. The molecule has 0 saturated heterocycles. The van der Waals surface area contributed by atoms with Gasteiger partial charge in [0, 0.05) is 30.6 Å². The summed E-state index contributed by atoms with van der Waals surface area (Å²) in [5, 5.41) is 7.32. The normalized spacial score (nSPS) is 12.7. The second-order valence-electron chi connectivity index (χ2n) is 4.64. The first-order valence-corrected chi connectivity index (χ1v) is 7.31. The number of aromatic nitrogens is 2. The van der Waals surface area contributed by atoms with Gasteiger partial charge < -0.3 is 15.4 Å². The zero-order chi connectivity index (χ0) is 14.8. The molecule has 0 atom stereocenters. The van der Waals surface area contributed by atoms with Gasteiger partial charge in [-0.2, -0.15) is 0 Å². The van der Waals surface area contributed by atoms with Gasteiger partial charge in [0.15, 0.2) is 11.0 Å². The maximum atomic E-state index is 6.15. The van der Waals surface area contributed by atoms with E-state index in [2.05, 4.69) is 20.6 Å². The van der Waals surface area contributed by atoms with Crippen molar-refractivity contribution in [3.8, 4) is 5.75 Å². The highest BCUT2D eigenvalue weighted by Crippen LogP contribution is 2.34. The molecule has 2 heterocycles. The Morgan fingerprint density at radius 1 is 1.29 bits per heavy atom. The molecule has 0 amide bonds. The SMILES string of the molecule is CNc1c(Cl)ncnc1NCc1cc(Cl)cc2c1OCC2. The summed E-state index contributed by atoms with van der Waals surface area (Å²) in [4.78, 5) is 8.14. The average Bonchev–Trinajstić information content (AvgIpc) is 2.93. The second-order valence-corrected chi connectivity index (χ2v) is 5.44. The van der Waals surface area contributed by atoms with E-state index in [9.17, 15) is 0 Å². The smallest absolute Gasteiger partial charge is 0.157 e. The number of nitrogens with zero attached hydrogens (tertiary/aromatic N) is 2. The molecule has 1 aromatic carbocycles. The molecular formula is C14H14Cl2N4O. The molecule has 0 unspecified atom stereocenters. The molecule has 2 aromatic rings. The Balaban J connectivity index is 1.85. The van der Waals surface area contributed by atoms with Crippen LogP contribution in [0.4, 0.5) is 11.5 Å². The molecule has 0 radical (unpaired) electrons. The van der Waals surface area contributed by atoms with E-state index in [4.69, 9.17) is 27.9 Å². The van der Waals surface area contributed by atoms with Crippen molar-refractivity contribution in [3.05, 3.63) is 39.8 Å². The first-order chi connectivity index (χ1) is 10.2. The predicted octanol–water partition coefficient (Wildman–Crippen LogP) is 3.37. The molecule has 110 valence electrons. The number of hydrogen-bond donors (Lipinski definition) is 2. The Labute approximate surface area is 132 Å². The van der Waals surface area contributed by atoms with Crippen molar-refractivity contribution in [1.82, 2.24) is 9.97 Å². The molecule has 1 aliphatic heterocycles. The van der Waals surface area contributed by atoms with Crippen LogP contribution in [-0.4, -0.2) is 23.6 Å². The van der Waals surface area contributed by atoms with Crippen LogP contribution in [0.25, 0.3) is 0 Å². The summed E-state index contributed by atoms with van der Waals surface area (Å²) in [5.74, 6) is 1.56. The van der Waals surface area contributed by atoms with Crippen molar-refractivity contribution in [3.63, 3.8) is 0 Å². The van der Waals surface area contributed by atoms with Gasteiger partial charge in [-0.25, -0.2) is 9.97 Å². The van der Waals surface area contributed by atoms with Gasteiger partial charge in [-0.1, -0.05) is 23.2 Å². The highest BCUT2D eigenvalue weighted by Gasteiger charge is 2.18. The van der Waals surface area contributed by atoms with Gasteiger partial charge in [-0.15, -0.1) is 0 Å². The van der Waals surface area contributed by atoms with Crippen molar-refractivity contribution in [1.29, 1.82) is 0 Å². The van der Waals surface area contributed by atoms with Crippen molar-refractivity contribution in [2.24, 2.45) is 0 Å². The summed E-state index contributed by atoms with van der Waals surface area (Å²) >= 11 is 12.2. The van der Waals surface area contributed by atoms with Gasteiger partial charge in [0.05, 0.1) is 6.61 Å². The van der Waals surface area contributed by atoms with Crippen LogP contribution in [0.5, 0.6) is 5.75 Å². The van der Waals surface area contributed by atoms with Crippen molar-refractivity contribution < 1.29 is 4.74 Å². The topological polar surface area (TPSA) is 59.1 Å². The lowest BCUT2D eigenvalue weighted by Gasteiger charge is -2.13. The third-order valence-electron chi connectivity index (χ3n) is 3.32. The summed E-state index contributed by atoms with van der Waals surface area (Å²) in [5.41, 5.74) is 2.82. The van der Waals surface area contributed by atoms with Gasteiger partial charge in [0.1, 0.15) is 17.8 Å². The second kappa shape index (κ2) is 5.95. The number of rotatable bonds is 4. The van der Waals surface area contributed by atoms with Crippen LogP contribution in [0.15, 0.2) is 18.5 Å². The Morgan fingerprint density at radius 2 is 2.14 bits per heavy atom. The lowest BCUT2D eigenvalue weighted by molar-refractivity contribution is 0.354. The van der Waals surface area contributed by atoms with Gasteiger partial charge in [0.25, 0.3) is 0 Å². The number of benzene rings is 1. The fourth-order valence-corrected chi connectivity index (χ4v) is 2.87. The summed E-state index contributed by atoms with van der Waals surface area (Å²) in [7, 11) is 1.77. The first-order valence-electron chi connectivity index (χ1n) is 6.55. The maximum absolute atomic E-state index is 6.15. The quantitative estimate of drug-likeness (QED) is 0.844. The molecule has 3 rings (SSSR count). The van der Waals surface area contributed by atoms with E-state index in [1.165, 1.54) is 6.33 Å². The number of halogens is 2. The molecule has 7 heteroatoms. The molecule has 0 bridgehead atoms. The Kier molecular flexibility index (Phi) is 4.03. The average molecular weight is 325 g/mol. The van der Waals surface area contributed by atoms with E-state index in [-0.39, 0.29) is 0 Å². The molecule has 5 nitrogen and oxygen atoms in total. The molecule has 1 aromatic heterocycles. The first kappa shape index (κ1) is 14.2. The van der Waals surface area contributed by atoms with E-state index in [1.54, 1.807) is 7.05 Å². The molecule has 21 heavy (non-hydrogen) atoms. The van der Waals surface area contributed by atoms with Crippen LogP contribution >= 0.6 is 23.2 Å². The van der Waals surface area contributed by atoms with E-state index in [1.807, 2.05) is 12.1 Å². The lowest BCUT2D eigenvalue weighted by Crippen LogP contribution is -2.07.